The van der Waals surface area contributed by atoms with Gasteiger partial charge in [0.15, 0.2) is 13.2 Å². The molecule has 1 aliphatic carbocycles. The first-order valence-corrected chi connectivity index (χ1v) is 6.78. The lowest BCUT2D eigenvalue weighted by Gasteiger charge is -2.04. The van der Waals surface area contributed by atoms with E-state index in [4.69, 9.17) is 4.74 Å². The molecule has 2 aromatic carbocycles. The van der Waals surface area contributed by atoms with Crippen molar-refractivity contribution in [3.05, 3.63) is 53.6 Å². The normalized spacial score (nSPS) is 16.3. The third kappa shape index (κ3) is 1.53. The Kier molecular flexibility index (Phi) is 2.25. The Morgan fingerprint density at radius 1 is 1.00 bits per heavy atom. The van der Waals surface area contributed by atoms with Crippen LogP contribution in [0.1, 0.15) is 18.1 Å². The second-order valence-electron chi connectivity index (χ2n) is 5.16. The Morgan fingerprint density at radius 2 is 1.84 bits per heavy atom. The molecule has 0 amide bonds. The summed E-state index contributed by atoms with van der Waals surface area (Å²) in [6.45, 7) is 3.80. The summed E-state index contributed by atoms with van der Waals surface area (Å²) in [5.41, 5.74) is 6.95. The van der Waals surface area contributed by atoms with Gasteiger partial charge in [0.2, 0.25) is 5.69 Å². The van der Waals surface area contributed by atoms with Gasteiger partial charge in [-0.15, -0.1) is 0 Å². The summed E-state index contributed by atoms with van der Waals surface area (Å²) in [7, 11) is 0. The van der Waals surface area contributed by atoms with Gasteiger partial charge in [0.25, 0.3) is 0 Å². The minimum absolute atomic E-state index is 0.794. The summed E-state index contributed by atoms with van der Waals surface area (Å²) in [5, 5.41) is 0. The highest BCUT2D eigenvalue weighted by Gasteiger charge is 2.29. The quantitative estimate of drug-likeness (QED) is 0.603. The Balaban J connectivity index is 1.93. The third-order valence-electron chi connectivity index (χ3n) is 4.12. The lowest BCUT2D eigenvalue weighted by molar-refractivity contribution is -0.430. The molecule has 0 aromatic heterocycles. The number of ether oxygens (including phenoxy) is 1. The molecule has 0 spiro atoms. The molecule has 0 fully saturated rings. The molecule has 2 aliphatic rings. The number of nitrogens with zero attached hydrogens (tertiary/aromatic N) is 1. The zero-order valence-corrected chi connectivity index (χ0v) is 11.0. The summed E-state index contributed by atoms with van der Waals surface area (Å²) in [5.74, 6) is 1.02. The van der Waals surface area contributed by atoms with E-state index in [9.17, 15) is 0 Å². The van der Waals surface area contributed by atoms with Gasteiger partial charge < -0.3 is 4.74 Å². The van der Waals surface area contributed by atoms with Crippen LogP contribution in [0.4, 0.5) is 5.69 Å². The van der Waals surface area contributed by atoms with Crippen molar-refractivity contribution in [2.24, 2.45) is 0 Å². The van der Waals surface area contributed by atoms with Gasteiger partial charge in [-0.05, 0) is 16.7 Å². The van der Waals surface area contributed by atoms with Crippen molar-refractivity contribution < 1.29 is 9.31 Å². The molecule has 0 unspecified atom stereocenters. The van der Waals surface area contributed by atoms with E-state index < -0.39 is 0 Å². The van der Waals surface area contributed by atoms with Crippen LogP contribution in [0.25, 0.3) is 11.1 Å². The zero-order chi connectivity index (χ0) is 12.8. The van der Waals surface area contributed by atoms with Gasteiger partial charge in [-0.1, -0.05) is 36.4 Å². The van der Waals surface area contributed by atoms with E-state index in [1.165, 1.54) is 27.9 Å². The van der Waals surface area contributed by atoms with Gasteiger partial charge in [0.1, 0.15) is 0 Å². The highest BCUT2D eigenvalue weighted by molar-refractivity contribution is 5.81. The van der Waals surface area contributed by atoms with Crippen LogP contribution in [0.5, 0.6) is 0 Å². The largest absolute Gasteiger partial charge is 0.441 e. The Morgan fingerprint density at radius 3 is 2.68 bits per heavy atom. The van der Waals surface area contributed by atoms with Crippen LogP contribution in [-0.4, -0.2) is 23.6 Å². The van der Waals surface area contributed by atoms with Crippen LogP contribution in [0.2, 0.25) is 0 Å². The van der Waals surface area contributed by atoms with Crippen molar-refractivity contribution in [3.63, 3.8) is 0 Å². The molecule has 0 radical (unpaired) electrons. The maximum Gasteiger partial charge on any atom is 0.339 e. The highest BCUT2D eigenvalue weighted by atomic mass is 16.5. The van der Waals surface area contributed by atoms with Crippen LogP contribution >= 0.6 is 0 Å². The summed E-state index contributed by atoms with van der Waals surface area (Å²) in [6.07, 6.45) is 1.03. The van der Waals surface area contributed by atoms with Crippen molar-refractivity contribution in [2.75, 3.05) is 13.2 Å². The van der Waals surface area contributed by atoms with E-state index in [0.29, 0.717) is 0 Å². The molecule has 1 aliphatic heterocycles. The average molecular weight is 250 g/mol. The van der Waals surface area contributed by atoms with E-state index in [-0.39, 0.29) is 0 Å². The van der Waals surface area contributed by atoms with Gasteiger partial charge in [-0.3, -0.25) is 0 Å². The number of hydrogen-bond donors (Lipinski definition) is 0. The Hall–Kier alpha value is -2.09. The fourth-order valence-corrected chi connectivity index (χ4v) is 3.20. The molecule has 0 saturated heterocycles. The smallest absolute Gasteiger partial charge is 0.339 e. The summed E-state index contributed by atoms with van der Waals surface area (Å²) in [4.78, 5) is 0. The Labute approximate surface area is 113 Å². The third-order valence-corrected chi connectivity index (χ3v) is 4.12. The molecular formula is C17H16NO+. The molecule has 4 rings (SSSR count). The van der Waals surface area contributed by atoms with Crippen molar-refractivity contribution in [3.8, 4) is 11.1 Å². The average Bonchev–Trinajstić information content (AvgIpc) is 3.02. The minimum atomic E-state index is 0.794. The number of benzene rings is 2. The molecule has 19 heavy (non-hydrogen) atoms. The lowest BCUT2D eigenvalue weighted by Crippen LogP contribution is -2.09. The van der Waals surface area contributed by atoms with Crippen LogP contribution in [0.3, 0.4) is 0 Å². The molecule has 0 atom stereocenters. The standard InChI is InChI=1S/C17H16NO/c1-12-18(9-10-19-12)17-8-4-7-15-14-6-3-2-5-13(14)11-16(15)17/h2-8H,9-11H2,1H3/q+1. The lowest BCUT2D eigenvalue weighted by atomic mass is 10.0. The van der Waals surface area contributed by atoms with Crippen molar-refractivity contribution in [2.45, 2.75) is 13.3 Å². The van der Waals surface area contributed by atoms with Gasteiger partial charge in [-0.2, -0.15) is 4.58 Å². The molecular weight excluding hydrogens is 234 g/mol. The predicted octanol–water partition coefficient (Wildman–Crippen LogP) is 3.35. The maximum absolute atomic E-state index is 5.60. The molecule has 0 bridgehead atoms. The van der Waals surface area contributed by atoms with E-state index in [0.717, 1.165) is 25.5 Å². The first-order valence-electron chi connectivity index (χ1n) is 6.78. The predicted molar refractivity (Wildman–Crippen MR) is 76.1 cm³/mol. The fourth-order valence-electron chi connectivity index (χ4n) is 3.20. The fraction of sp³-hybridized carbons (Fsp3) is 0.235. The van der Waals surface area contributed by atoms with E-state index in [1.54, 1.807) is 0 Å². The molecule has 1 heterocycles. The molecule has 2 nitrogen and oxygen atoms in total. The summed E-state index contributed by atoms with van der Waals surface area (Å²) >= 11 is 0. The van der Waals surface area contributed by atoms with Crippen molar-refractivity contribution >= 4 is 11.6 Å². The molecule has 94 valence electrons. The number of hydrogen-bond acceptors (Lipinski definition) is 1. The summed E-state index contributed by atoms with van der Waals surface area (Å²) < 4.78 is 7.90. The number of rotatable bonds is 1. The van der Waals surface area contributed by atoms with Gasteiger partial charge in [0.05, 0.1) is 6.92 Å². The molecule has 2 aromatic rings. The second-order valence-corrected chi connectivity index (χ2v) is 5.16. The second kappa shape index (κ2) is 3.95. The van der Waals surface area contributed by atoms with Gasteiger partial charge in [0, 0.05) is 18.1 Å². The van der Waals surface area contributed by atoms with E-state index in [2.05, 4.69) is 54.0 Å². The minimum Gasteiger partial charge on any atom is -0.441 e. The van der Waals surface area contributed by atoms with Crippen LogP contribution in [-0.2, 0) is 11.2 Å². The van der Waals surface area contributed by atoms with Crippen LogP contribution < -0.4 is 0 Å². The van der Waals surface area contributed by atoms with Gasteiger partial charge in [-0.25, -0.2) is 0 Å². The highest BCUT2D eigenvalue weighted by Crippen LogP contribution is 2.41. The van der Waals surface area contributed by atoms with Crippen LogP contribution in [0.15, 0.2) is 42.5 Å². The SMILES string of the molecule is CC1=[N+](c2cccc3c2Cc2ccccc2-3)CCO1. The summed E-state index contributed by atoms with van der Waals surface area (Å²) in [6, 6.07) is 15.3. The van der Waals surface area contributed by atoms with Crippen molar-refractivity contribution in [1.29, 1.82) is 0 Å². The Bertz CT molecular complexity index is 700. The van der Waals surface area contributed by atoms with Crippen LogP contribution in [0, 0.1) is 0 Å². The molecule has 0 saturated carbocycles. The first kappa shape index (κ1) is 10.8. The monoisotopic (exact) mass is 250 g/mol. The topological polar surface area (TPSA) is 12.2 Å². The first-order chi connectivity index (χ1) is 9.34. The maximum atomic E-state index is 5.60. The van der Waals surface area contributed by atoms with Gasteiger partial charge >= 0.3 is 5.90 Å². The molecule has 0 N–H and O–H groups in total. The van der Waals surface area contributed by atoms with E-state index in [1.807, 2.05) is 0 Å². The van der Waals surface area contributed by atoms with E-state index >= 15 is 0 Å². The molecule has 2 heteroatoms. The zero-order valence-electron chi connectivity index (χ0n) is 11.0. The van der Waals surface area contributed by atoms with Crippen molar-refractivity contribution in [1.82, 2.24) is 0 Å². The number of fused-ring (bicyclic) bond motifs is 3.